The number of hydrogen-bond acceptors (Lipinski definition) is 3. The lowest BCUT2D eigenvalue weighted by Crippen LogP contribution is -2.44. The van der Waals surface area contributed by atoms with E-state index in [2.05, 4.69) is 11.9 Å². The Morgan fingerprint density at radius 2 is 2.00 bits per heavy atom. The predicted octanol–water partition coefficient (Wildman–Crippen LogP) is 1.74. The molecule has 0 saturated carbocycles. The number of nitrogen functional groups attached to an aromatic ring is 1. The van der Waals surface area contributed by atoms with Gasteiger partial charge in [0.15, 0.2) is 0 Å². The summed E-state index contributed by atoms with van der Waals surface area (Å²) in [7, 11) is 4.01. The van der Waals surface area contributed by atoms with Crippen LogP contribution in [0.2, 0.25) is 0 Å². The Kier molecular flexibility index (Phi) is 4.10. The van der Waals surface area contributed by atoms with Gasteiger partial charge < -0.3 is 15.5 Å². The van der Waals surface area contributed by atoms with E-state index in [4.69, 9.17) is 5.73 Å². The van der Waals surface area contributed by atoms with E-state index in [1.54, 1.807) is 0 Å². The summed E-state index contributed by atoms with van der Waals surface area (Å²) in [5.41, 5.74) is 8.23. The molecule has 0 atom stereocenters. The van der Waals surface area contributed by atoms with Crippen molar-refractivity contribution in [3.8, 4) is 0 Å². The molecule has 0 aromatic heterocycles. The molecule has 4 heteroatoms. The number of anilines is 1. The molecule has 0 bridgehead atoms. The highest BCUT2D eigenvalue weighted by molar-refractivity contribution is 5.99. The van der Waals surface area contributed by atoms with E-state index >= 15 is 0 Å². The van der Waals surface area contributed by atoms with E-state index in [1.165, 1.54) is 0 Å². The van der Waals surface area contributed by atoms with Gasteiger partial charge in [-0.1, -0.05) is 6.07 Å². The van der Waals surface area contributed by atoms with Crippen molar-refractivity contribution in [2.45, 2.75) is 25.8 Å². The maximum absolute atomic E-state index is 12.5. The molecule has 4 nitrogen and oxygen atoms in total. The second kappa shape index (κ2) is 5.61. The van der Waals surface area contributed by atoms with Crippen LogP contribution in [0.1, 0.15) is 28.8 Å². The van der Waals surface area contributed by atoms with Crippen LogP contribution in [0.3, 0.4) is 0 Å². The molecule has 1 aromatic rings. The van der Waals surface area contributed by atoms with Crippen LogP contribution in [0.4, 0.5) is 5.69 Å². The molecule has 2 N–H and O–H groups in total. The fourth-order valence-electron chi connectivity index (χ4n) is 2.61. The van der Waals surface area contributed by atoms with Crippen LogP contribution in [0.25, 0.3) is 0 Å². The number of carbonyl (C=O) groups excluding carboxylic acids is 1. The van der Waals surface area contributed by atoms with Crippen LogP contribution < -0.4 is 5.73 Å². The Morgan fingerprint density at radius 1 is 1.37 bits per heavy atom. The summed E-state index contributed by atoms with van der Waals surface area (Å²) in [5, 5.41) is 0. The predicted molar refractivity (Wildman–Crippen MR) is 78.2 cm³/mol. The molecule has 1 fully saturated rings. The number of nitrogens with zero attached hydrogens (tertiary/aromatic N) is 2. The first-order valence-electron chi connectivity index (χ1n) is 6.81. The highest BCUT2D eigenvalue weighted by Crippen LogP contribution is 2.20. The van der Waals surface area contributed by atoms with Crippen molar-refractivity contribution in [2.24, 2.45) is 0 Å². The Bertz CT molecular complexity index is 464. The zero-order valence-corrected chi connectivity index (χ0v) is 12.0. The molecule has 0 spiro atoms. The number of benzene rings is 1. The highest BCUT2D eigenvalue weighted by Gasteiger charge is 2.25. The third-order valence-corrected chi connectivity index (χ3v) is 3.99. The largest absolute Gasteiger partial charge is 0.398 e. The highest BCUT2D eigenvalue weighted by atomic mass is 16.2. The summed E-state index contributed by atoms with van der Waals surface area (Å²) in [6.45, 7) is 4.07. The lowest BCUT2D eigenvalue weighted by Gasteiger charge is -2.35. The summed E-state index contributed by atoms with van der Waals surface area (Å²) in [4.78, 5) is 16.6. The van der Waals surface area contributed by atoms with Crippen molar-refractivity contribution in [1.82, 2.24) is 9.80 Å². The third-order valence-electron chi connectivity index (χ3n) is 3.99. The molecule has 1 aliphatic heterocycles. The quantitative estimate of drug-likeness (QED) is 0.825. The number of rotatable bonds is 2. The lowest BCUT2D eigenvalue weighted by molar-refractivity contribution is 0.0660. The van der Waals surface area contributed by atoms with Crippen LogP contribution >= 0.6 is 0 Å². The van der Waals surface area contributed by atoms with Crippen molar-refractivity contribution >= 4 is 11.6 Å². The summed E-state index contributed by atoms with van der Waals surface area (Å²) >= 11 is 0. The molecule has 1 heterocycles. The minimum absolute atomic E-state index is 0.0343. The number of hydrogen-bond donors (Lipinski definition) is 1. The van der Waals surface area contributed by atoms with Crippen LogP contribution in [0.5, 0.6) is 0 Å². The van der Waals surface area contributed by atoms with Crippen LogP contribution in [0, 0.1) is 6.92 Å². The molecule has 1 aromatic carbocycles. The smallest absolute Gasteiger partial charge is 0.255 e. The van der Waals surface area contributed by atoms with E-state index in [1.807, 2.05) is 37.1 Å². The van der Waals surface area contributed by atoms with Gasteiger partial charge in [-0.2, -0.15) is 0 Å². The number of carbonyl (C=O) groups is 1. The van der Waals surface area contributed by atoms with Crippen LogP contribution in [-0.2, 0) is 0 Å². The topological polar surface area (TPSA) is 49.6 Å². The zero-order valence-electron chi connectivity index (χ0n) is 12.0. The first kappa shape index (κ1) is 13.9. The monoisotopic (exact) mass is 261 g/mol. The average molecular weight is 261 g/mol. The SMILES string of the molecule is Cc1ccc(C(=O)N(C)C2CCN(C)CC2)c(N)c1. The number of amides is 1. The zero-order chi connectivity index (χ0) is 14.0. The Balaban J connectivity index is 2.10. The molecule has 19 heavy (non-hydrogen) atoms. The van der Waals surface area contributed by atoms with Crippen molar-refractivity contribution in [3.05, 3.63) is 29.3 Å². The second-order valence-electron chi connectivity index (χ2n) is 5.54. The van der Waals surface area contributed by atoms with E-state index in [-0.39, 0.29) is 5.91 Å². The molecular formula is C15H23N3O. The summed E-state index contributed by atoms with van der Waals surface area (Å²) < 4.78 is 0. The van der Waals surface area contributed by atoms with Crippen molar-refractivity contribution in [3.63, 3.8) is 0 Å². The Labute approximate surface area is 115 Å². The minimum Gasteiger partial charge on any atom is -0.398 e. The molecule has 104 valence electrons. The summed E-state index contributed by atoms with van der Waals surface area (Å²) in [5.74, 6) is 0.0343. The van der Waals surface area contributed by atoms with Crippen molar-refractivity contribution in [2.75, 3.05) is 32.9 Å². The van der Waals surface area contributed by atoms with Crippen LogP contribution in [0.15, 0.2) is 18.2 Å². The molecule has 0 aliphatic carbocycles. The Hall–Kier alpha value is -1.55. The van der Waals surface area contributed by atoms with Crippen molar-refractivity contribution < 1.29 is 4.79 Å². The van der Waals surface area contributed by atoms with Gasteiger partial charge in [0, 0.05) is 18.8 Å². The van der Waals surface area contributed by atoms with E-state index in [9.17, 15) is 4.79 Å². The standard InChI is InChI=1S/C15H23N3O/c1-11-4-5-13(14(16)10-11)15(19)18(3)12-6-8-17(2)9-7-12/h4-5,10,12H,6-9,16H2,1-3H3. The van der Waals surface area contributed by atoms with E-state index < -0.39 is 0 Å². The van der Waals surface area contributed by atoms with E-state index in [0.29, 0.717) is 17.3 Å². The number of nitrogens with two attached hydrogens (primary N) is 1. The number of likely N-dealkylation sites (tertiary alicyclic amines) is 1. The second-order valence-corrected chi connectivity index (χ2v) is 5.54. The lowest BCUT2D eigenvalue weighted by atomic mass is 10.0. The molecular weight excluding hydrogens is 238 g/mol. The number of piperidine rings is 1. The van der Waals surface area contributed by atoms with E-state index in [0.717, 1.165) is 31.5 Å². The molecule has 1 aliphatic rings. The normalized spacial score (nSPS) is 17.4. The van der Waals surface area contributed by atoms with Gasteiger partial charge in [0.1, 0.15) is 0 Å². The summed E-state index contributed by atoms with van der Waals surface area (Å²) in [6, 6.07) is 5.95. The van der Waals surface area contributed by atoms with Gasteiger partial charge in [0.05, 0.1) is 5.56 Å². The van der Waals surface area contributed by atoms with Crippen molar-refractivity contribution in [1.29, 1.82) is 0 Å². The van der Waals surface area contributed by atoms with Gasteiger partial charge in [-0.3, -0.25) is 4.79 Å². The maximum atomic E-state index is 12.5. The fraction of sp³-hybridized carbons (Fsp3) is 0.533. The molecule has 1 saturated heterocycles. The minimum atomic E-state index is 0.0343. The maximum Gasteiger partial charge on any atom is 0.255 e. The molecule has 0 unspecified atom stereocenters. The van der Waals surface area contributed by atoms with Gasteiger partial charge in [-0.15, -0.1) is 0 Å². The first-order valence-corrected chi connectivity index (χ1v) is 6.81. The summed E-state index contributed by atoms with van der Waals surface area (Å²) in [6.07, 6.45) is 2.06. The van der Waals surface area contributed by atoms with Gasteiger partial charge in [0.2, 0.25) is 0 Å². The Morgan fingerprint density at radius 3 is 2.58 bits per heavy atom. The third kappa shape index (κ3) is 3.07. The van der Waals surface area contributed by atoms with Crippen LogP contribution in [-0.4, -0.2) is 48.9 Å². The molecule has 1 amide bonds. The van der Waals surface area contributed by atoms with Gasteiger partial charge >= 0.3 is 0 Å². The van der Waals surface area contributed by atoms with Gasteiger partial charge in [0.25, 0.3) is 5.91 Å². The molecule has 0 radical (unpaired) electrons. The number of aryl methyl sites for hydroxylation is 1. The fourth-order valence-corrected chi connectivity index (χ4v) is 2.61. The molecule has 2 rings (SSSR count). The van der Waals surface area contributed by atoms with Gasteiger partial charge in [-0.25, -0.2) is 0 Å². The average Bonchev–Trinajstić information content (AvgIpc) is 2.38. The van der Waals surface area contributed by atoms with Gasteiger partial charge in [-0.05, 0) is 57.6 Å². The first-order chi connectivity index (χ1) is 8.99.